The van der Waals surface area contributed by atoms with Crippen LogP contribution in [0.15, 0.2) is 22.7 Å². The van der Waals surface area contributed by atoms with Crippen LogP contribution in [-0.2, 0) is 19.4 Å². The molecule has 0 N–H and O–H groups in total. The van der Waals surface area contributed by atoms with E-state index in [0.29, 0.717) is 12.1 Å². The van der Waals surface area contributed by atoms with Crippen molar-refractivity contribution in [1.82, 2.24) is 9.78 Å². The maximum atomic E-state index is 13.9. The Morgan fingerprint density at radius 2 is 2.05 bits per heavy atom. The number of rotatable bonds is 4. The molecule has 0 saturated carbocycles. The highest BCUT2D eigenvalue weighted by atomic mass is 127. The summed E-state index contributed by atoms with van der Waals surface area (Å²) in [5.74, 6) is -0.194. The van der Waals surface area contributed by atoms with E-state index in [1.807, 2.05) is 10.7 Å². The van der Waals surface area contributed by atoms with Crippen LogP contribution in [0.4, 0.5) is 4.39 Å². The van der Waals surface area contributed by atoms with Gasteiger partial charge in [-0.1, -0.05) is 35.8 Å². The highest BCUT2D eigenvalue weighted by molar-refractivity contribution is 14.1. The van der Waals surface area contributed by atoms with Gasteiger partial charge in [0.15, 0.2) is 0 Å². The van der Waals surface area contributed by atoms with Crippen molar-refractivity contribution in [3.63, 3.8) is 0 Å². The number of nitrogens with zero attached hydrogens (tertiary/aromatic N) is 2. The molecule has 2 nitrogen and oxygen atoms in total. The third-order valence-corrected chi connectivity index (χ3v) is 4.80. The minimum atomic E-state index is -0.194. The quantitative estimate of drug-likeness (QED) is 0.642. The molecule has 0 fully saturated rings. The lowest BCUT2D eigenvalue weighted by molar-refractivity contribution is 0.573. The largest absolute Gasteiger partial charge is 0.264 e. The van der Waals surface area contributed by atoms with Crippen molar-refractivity contribution in [2.24, 2.45) is 0 Å². The van der Waals surface area contributed by atoms with E-state index in [1.54, 1.807) is 6.07 Å². The van der Waals surface area contributed by atoms with Crippen LogP contribution in [0, 0.1) is 9.39 Å². The first-order chi connectivity index (χ1) is 9.06. The number of hydrogen-bond acceptors (Lipinski definition) is 1. The third-order valence-electron chi connectivity index (χ3n) is 3.06. The molecule has 0 radical (unpaired) electrons. The van der Waals surface area contributed by atoms with Crippen LogP contribution in [0.25, 0.3) is 0 Å². The molecular formula is C14H15BrFIN2. The average molecular weight is 437 g/mol. The van der Waals surface area contributed by atoms with Gasteiger partial charge in [0.05, 0.1) is 21.5 Å². The summed E-state index contributed by atoms with van der Waals surface area (Å²) in [6.07, 6.45) is 1.81. The normalized spacial score (nSPS) is 11.0. The Morgan fingerprint density at radius 3 is 2.63 bits per heavy atom. The van der Waals surface area contributed by atoms with E-state index < -0.39 is 0 Å². The van der Waals surface area contributed by atoms with Crippen LogP contribution in [0.2, 0.25) is 0 Å². The number of halogens is 3. The molecule has 1 aromatic carbocycles. The van der Waals surface area contributed by atoms with E-state index in [9.17, 15) is 4.39 Å². The van der Waals surface area contributed by atoms with Crippen LogP contribution < -0.4 is 0 Å². The highest BCUT2D eigenvalue weighted by Gasteiger charge is 2.14. The second-order valence-electron chi connectivity index (χ2n) is 4.31. The Hall–Kier alpha value is -0.430. The summed E-state index contributed by atoms with van der Waals surface area (Å²) >= 11 is 5.61. The van der Waals surface area contributed by atoms with Gasteiger partial charge in [-0.25, -0.2) is 4.39 Å². The lowest BCUT2D eigenvalue weighted by Gasteiger charge is -2.07. The molecule has 0 saturated heterocycles. The molecule has 5 heteroatoms. The zero-order valence-corrected chi connectivity index (χ0v) is 14.6. The standard InChI is InChI=1S/C14H15BrFIN2/c1-3-12-14(17)13(4-2)19(18-12)8-9-5-6-10(15)7-11(9)16/h5-7H,3-4,8H2,1-2H3. The van der Waals surface area contributed by atoms with Crippen molar-refractivity contribution in [3.05, 3.63) is 49.0 Å². The van der Waals surface area contributed by atoms with Crippen LogP contribution >= 0.6 is 38.5 Å². The maximum Gasteiger partial charge on any atom is 0.129 e. The average Bonchev–Trinajstić information content (AvgIpc) is 2.68. The van der Waals surface area contributed by atoms with Gasteiger partial charge >= 0.3 is 0 Å². The molecule has 0 atom stereocenters. The number of aryl methyl sites for hydroxylation is 1. The van der Waals surface area contributed by atoms with Crippen molar-refractivity contribution < 1.29 is 4.39 Å². The fraction of sp³-hybridized carbons (Fsp3) is 0.357. The topological polar surface area (TPSA) is 17.8 Å². The van der Waals surface area contributed by atoms with Crippen molar-refractivity contribution in [2.75, 3.05) is 0 Å². The predicted molar refractivity (Wildman–Crippen MR) is 86.9 cm³/mol. The van der Waals surface area contributed by atoms with Crippen molar-refractivity contribution in [2.45, 2.75) is 33.2 Å². The van der Waals surface area contributed by atoms with Crippen molar-refractivity contribution >= 4 is 38.5 Å². The van der Waals surface area contributed by atoms with Gasteiger partial charge in [-0.05, 0) is 47.6 Å². The van der Waals surface area contributed by atoms with Gasteiger partial charge < -0.3 is 0 Å². The first-order valence-corrected chi connectivity index (χ1v) is 8.12. The van der Waals surface area contributed by atoms with Gasteiger partial charge in [-0.2, -0.15) is 5.10 Å². The molecule has 0 amide bonds. The summed E-state index contributed by atoms with van der Waals surface area (Å²) < 4.78 is 17.8. The summed E-state index contributed by atoms with van der Waals surface area (Å²) in [4.78, 5) is 0. The minimum absolute atomic E-state index is 0.194. The van der Waals surface area contributed by atoms with Gasteiger partial charge in [0.1, 0.15) is 5.82 Å². The molecule has 102 valence electrons. The summed E-state index contributed by atoms with van der Waals surface area (Å²) in [7, 11) is 0. The Balaban J connectivity index is 2.37. The zero-order valence-electron chi connectivity index (χ0n) is 10.9. The molecule has 0 aliphatic heterocycles. The molecular weight excluding hydrogens is 422 g/mol. The second kappa shape index (κ2) is 6.35. The molecule has 0 unspecified atom stereocenters. The number of hydrogen-bond donors (Lipinski definition) is 0. The van der Waals surface area contributed by atoms with E-state index in [4.69, 9.17) is 0 Å². The molecule has 2 rings (SSSR count). The third kappa shape index (κ3) is 3.18. The summed E-state index contributed by atoms with van der Waals surface area (Å²) in [5.41, 5.74) is 2.94. The fourth-order valence-electron chi connectivity index (χ4n) is 2.04. The Morgan fingerprint density at radius 1 is 1.32 bits per heavy atom. The van der Waals surface area contributed by atoms with E-state index in [1.165, 1.54) is 15.3 Å². The first-order valence-electron chi connectivity index (χ1n) is 6.24. The van der Waals surface area contributed by atoms with Gasteiger partial charge in [0.25, 0.3) is 0 Å². The molecule has 0 bridgehead atoms. The number of aromatic nitrogens is 2. The zero-order chi connectivity index (χ0) is 14.0. The smallest absolute Gasteiger partial charge is 0.129 e. The Labute approximate surface area is 134 Å². The van der Waals surface area contributed by atoms with E-state index in [2.05, 4.69) is 57.5 Å². The van der Waals surface area contributed by atoms with Gasteiger partial charge in [0, 0.05) is 10.0 Å². The van der Waals surface area contributed by atoms with Gasteiger partial charge in [0.2, 0.25) is 0 Å². The summed E-state index contributed by atoms with van der Waals surface area (Å²) in [6.45, 7) is 4.68. The molecule has 0 aliphatic rings. The second-order valence-corrected chi connectivity index (χ2v) is 6.30. The van der Waals surface area contributed by atoms with Crippen LogP contribution in [0.5, 0.6) is 0 Å². The molecule has 2 aromatic rings. The lowest BCUT2D eigenvalue weighted by Crippen LogP contribution is -2.08. The maximum absolute atomic E-state index is 13.9. The summed E-state index contributed by atoms with van der Waals surface area (Å²) in [6, 6.07) is 5.16. The van der Waals surface area contributed by atoms with E-state index in [0.717, 1.165) is 23.0 Å². The van der Waals surface area contributed by atoms with Gasteiger partial charge in [-0.3, -0.25) is 4.68 Å². The van der Waals surface area contributed by atoms with Crippen molar-refractivity contribution in [1.29, 1.82) is 0 Å². The Kier molecular flexibility index (Phi) is 5.00. The van der Waals surface area contributed by atoms with Crippen LogP contribution in [0.3, 0.4) is 0 Å². The molecule has 0 aliphatic carbocycles. The number of benzene rings is 1. The molecule has 19 heavy (non-hydrogen) atoms. The molecule has 1 heterocycles. The molecule has 0 spiro atoms. The van der Waals surface area contributed by atoms with E-state index in [-0.39, 0.29) is 5.82 Å². The highest BCUT2D eigenvalue weighted by Crippen LogP contribution is 2.21. The lowest BCUT2D eigenvalue weighted by atomic mass is 10.2. The monoisotopic (exact) mass is 436 g/mol. The van der Waals surface area contributed by atoms with Crippen molar-refractivity contribution in [3.8, 4) is 0 Å². The predicted octanol–water partition coefficient (Wildman–Crippen LogP) is 4.56. The first kappa shape index (κ1) is 15.0. The fourth-order valence-corrected chi connectivity index (χ4v) is 3.52. The van der Waals surface area contributed by atoms with Gasteiger partial charge in [-0.15, -0.1) is 0 Å². The van der Waals surface area contributed by atoms with E-state index >= 15 is 0 Å². The SMILES string of the molecule is CCc1nn(Cc2ccc(Br)cc2F)c(CC)c1I. The van der Waals surface area contributed by atoms with Crippen LogP contribution in [-0.4, -0.2) is 9.78 Å². The molecule has 1 aromatic heterocycles. The Bertz CT molecular complexity index is 595. The summed E-state index contributed by atoms with van der Waals surface area (Å²) in [5, 5.41) is 4.59. The minimum Gasteiger partial charge on any atom is -0.264 e. The van der Waals surface area contributed by atoms with Crippen LogP contribution in [0.1, 0.15) is 30.8 Å².